The SMILES string of the molecule is O=C(Nc1ccc(N=Nc2ccccc2)c(NC(=O)c2ccc([N+](=O)[O-])c(Cl)c2)c1)c1ccc([N+](=O)[O-])c(Cl)c1. The third-order valence-electron chi connectivity index (χ3n) is 5.35. The number of carbonyl (C=O) groups excluding carboxylic acids is 2. The van der Waals surface area contributed by atoms with Crippen molar-refractivity contribution in [2.75, 3.05) is 10.6 Å². The Kier molecular flexibility index (Phi) is 8.42. The molecule has 0 atom stereocenters. The van der Waals surface area contributed by atoms with Gasteiger partial charge in [-0.1, -0.05) is 41.4 Å². The van der Waals surface area contributed by atoms with Crippen LogP contribution in [0.1, 0.15) is 20.7 Å². The lowest BCUT2D eigenvalue weighted by Crippen LogP contribution is -2.14. The van der Waals surface area contributed by atoms with Gasteiger partial charge in [-0.25, -0.2) is 0 Å². The molecule has 0 saturated carbocycles. The van der Waals surface area contributed by atoms with Crippen molar-refractivity contribution in [3.05, 3.63) is 126 Å². The lowest BCUT2D eigenvalue weighted by molar-refractivity contribution is -0.384. The average molecular weight is 579 g/mol. The summed E-state index contributed by atoms with van der Waals surface area (Å²) >= 11 is 11.9. The first kappa shape index (κ1) is 27.8. The highest BCUT2D eigenvalue weighted by Crippen LogP contribution is 2.32. The maximum atomic E-state index is 13.0. The zero-order chi connectivity index (χ0) is 28.8. The molecule has 4 aromatic carbocycles. The molecule has 14 heteroatoms. The molecular weight excluding hydrogens is 563 g/mol. The van der Waals surface area contributed by atoms with Gasteiger partial charge >= 0.3 is 0 Å². The molecule has 12 nitrogen and oxygen atoms in total. The summed E-state index contributed by atoms with van der Waals surface area (Å²) in [5, 5.41) is 35.3. The highest BCUT2D eigenvalue weighted by Gasteiger charge is 2.18. The predicted molar refractivity (Wildman–Crippen MR) is 149 cm³/mol. The molecule has 0 spiro atoms. The van der Waals surface area contributed by atoms with E-state index in [4.69, 9.17) is 23.2 Å². The van der Waals surface area contributed by atoms with E-state index in [1.807, 2.05) is 6.07 Å². The van der Waals surface area contributed by atoms with Gasteiger partial charge in [-0.3, -0.25) is 29.8 Å². The summed E-state index contributed by atoms with van der Waals surface area (Å²) < 4.78 is 0. The predicted octanol–water partition coefficient (Wildman–Crippen LogP) is 7.73. The van der Waals surface area contributed by atoms with E-state index >= 15 is 0 Å². The quantitative estimate of drug-likeness (QED) is 0.123. The van der Waals surface area contributed by atoms with E-state index in [-0.39, 0.29) is 49.6 Å². The highest BCUT2D eigenvalue weighted by molar-refractivity contribution is 6.33. The second-order valence-corrected chi connectivity index (χ2v) is 8.84. The zero-order valence-corrected chi connectivity index (χ0v) is 21.6. The van der Waals surface area contributed by atoms with Gasteiger partial charge in [0.1, 0.15) is 15.7 Å². The van der Waals surface area contributed by atoms with E-state index < -0.39 is 21.7 Å². The molecule has 0 bridgehead atoms. The number of carbonyl (C=O) groups is 2. The number of nitro benzene ring substituents is 2. The fourth-order valence-corrected chi connectivity index (χ4v) is 3.90. The Morgan fingerprint density at radius 3 is 1.75 bits per heavy atom. The van der Waals surface area contributed by atoms with Gasteiger partial charge in [0.25, 0.3) is 23.2 Å². The monoisotopic (exact) mass is 578 g/mol. The van der Waals surface area contributed by atoms with Crippen LogP contribution in [0.2, 0.25) is 10.0 Å². The van der Waals surface area contributed by atoms with E-state index in [0.29, 0.717) is 5.69 Å². The van der Waals surface area contributed by atoms with Crippen molar-refractivity contribution in [3.63, 3.8) is 0 Å². The Balaban J connectivity index is 1.64. The Morgan fingerprint density at radius 2 is 1.23 bits per heavy atom. The summed E-state index contributed by atoms with van der Waals surface area (Å²) in [5.41, 5.74) is 0.588. The number of hydrogen-bond donors (Lipinski definition) is 2. The maximum Gasteiger partial charge on any atom is 0.287 e. The summed E-state index contributed by atoms with van der Waals surface area (Å²) in [5.74, 6) is -1.27. The minimum absolute atomic E-state index is 0.0384. The maximum absolute atomic E-state index is 13.0. The molecule has 40 heavy (non-hydrogen) atoms. The molecular formula is C26H16Cl2N6O6. The Hall–Kier alpha value is -5.20. The lowest BCUT2D eigenvalue weighted by atomic mass is 10.1. The molecule has 0 unspecified atom stereocenters. The molecule has 0 radical (unpaired) electrons. The van der Waals surface area contributed by atoms with Crippen LogP contribution in [0.3, 0.4) is 0 Å². The van der Waals surface area contributed by atoms with Crippen LogP contribution < -0.4 is 10.6 Å². The second-order valence-electron chi connectivity index (χ2n) is 8.02. The molecule has 2 N–H and O–H groups in total. The van der Waals surface area contributed by atoms with Crippen LogP contribution in [0.25, 0.3) is 0 Å². The molecule has 0 aliphatic heterocycles. The number of rotatable bonds is 8. The van der Waals surface area contributed by atoms with E-state index in [1.54, 1.807) is 24.3 Å². The topological polar surface area (TPSA) is 169 Å². The summed E-state index contributed by atoms with van der Waals surface area (Å²) in [6.07, 6.45) is 0. The van der Waals surface area contributed by atoms with E-state index in [1.165, 1.54) is 36.4 Å². The number of nitrogens with one attached hydrogen (secondary N) is 2. The van der Waals surface area contributed by atoms with Gasteiger partial charge < -0.3 is 10.6 Å². The molecule has 0 saturated heterocycles. The smallest absolute Gasteiger partial charge is 0.287 e. The van der Waals surface area contributed by atoms with Crippen molar-refractivity contribution >= 4 is 69.1 Å². The largest absolute Gasteiger partial charge is 0.322 e. The van der Waals surface area contributed by atoms with E-state index in [0.717, 1.165) is 18.2 Å². The molecule has 200 valence electrons. The molecule has 2 amide bonds. The number of nitrogens with zero attached hydrogens (tertiary/aromatic N) is 4. The van der Waals surface area contributed by atoms with Crippen LogP contribution >= 0.6 is 23.2 Å². The second kappa shape index (κ2) is 12.1. The van der Waals surface area contributed by atoms with E-state index in [2.05, 4.69) is 20.9 Å². The number of hydrogen-bond acceptors (Lipinski definition) is 8. The number of halogens is 2. The van der Waals surface area contributed by atoms with Gasteiger partial charge in [-0.05, 0) is 54.6 Å². The third kappa shape index (κ3) is 6.62. The van der Waals surface area contributed by atoms with Crippen molar-refractivity contribution in [2.24, 2.45) is 10.2 Å². The van der Waals surface area contributed by atoms with Gasteiger partial charge in [0.2, 0.25) is 0 Å². The lowest BCUT2D eigenvalue weighted by Gasteiger charge is -2.12. The number of amides is 2. The molecule has 0 aliphatic carbocycles. The molecule has 0 aliphatic rings. The van der Waals surface area contributed by atoms with Gasteiger partial charge in [-0.15, -0.1) is 5.11 Å². The first-order chi connectivity index (χ1) is 19.1. The highest BCUT2D eigenvalue weighted by atomic mass is 35.5. The minimum atomic E-state index is -0.670. The summed E-state index contributed by atoms with van der Waals surface area (Å²) in [7, 11) is 0. The van der Waals surface area contributed by atoms with Crippen LogP contribution in [0.5, 0.6) is 0 Å². The summed E-state index contributed by atoms with van der Waals surface area (Å²) in [4.78, 5) is 46.5. The number of anilines is 2. The average Bonchev–Trinajstić information content (AvgIpc) is 2.92. The van der Waals surface area contributed by atoms with Crippen LogP contribution in [0.4, 0.5) is 34.1 Å². The van der Waals surface area contributed by atoms with E-state index in [9.17, 15) is 29.8 Å². The van der Waals surface area contributed by atoms with Gasteiger partial charge in [0.05, 0.1) is 21.2 Å². The summed E-state index contributed by atoms with van der Waals surface area (Å²) in [6.45, 7) is 0. The Labute approximate surface area is 235 Å². The van der Waals surface area contributed by atoms with Gasteiger partial charge in [0.15, 0.2) is 0 Å². The minimum Gasteiger partial charge on any atom is -0.322 e. The molecule has 0 fully saturated rings. The molecule has 4 aromatic rings. The Bertz CT molecular complexity index is 1680. The fraction of sp³-hybridized carbons (Fsp3) is 0. The first-order valence-corrected chi connectivity index (χ1v) is 12.0. The first-order valence-electron chi connectivity index (χ1n) is 11.2. The zero-order valence-electron chi connectivity index (χ0n) is 20.1. The van der Waals surface area contributed by atoms with Crippen LogP contribution in [0.15, 0.2) is 95.2 Å². The fourth-order valence-electron chi connectivity index (χ4n) is 3.40. The van der Waals surface area contributed by atoms with Crippen molar-refractivity contribution in [1.82, 2.24) is 0 Å². The normalized spacial score (nSPS) is 10.8. The van der Waals surface area contributed by atoms with Crippen LogP contribution in [-0.2, 0) is 0 Å². The van der Waals surface area contributed by atoms with Gasteiger partial charge in [-0.2, -0.15) is 5.11 Å². The number of benzene rings is 4. The number of azo groups is 1. The molecule has 0 aromatic heterocycles. The standard InChI is InChI=1S/C26H16Cl2N6O6/c27-19-12-15(6-10-23(19)33(37)38)25(35)29-18-8-9-21(32-31-17-4-2-1-3-5-17)22(14-18)30-26(36)16-7-11-24(34(39)40)20(28)13-16/h1-14H,(H,29,35)(H,30,36). The number of nitro groups is 2. The van der Waals surface area contributed by atoms with Crippen LogP contribution in [0, 0.1) is 20.2 Å². The third-order valence-corrected chi connectivity index (χ3v) is 5.95. The molecule has 4 rings (SSSR count). The molecule has 0 heterocycles. The van der Waals surface area contributed by atoms with Crippen molar-refractivity contribution in [1.29, 1.82) is 0 Å². The Morgan fingerprint density at radius 1 is 0.675 bits per heavy atom. The summed E-state index contributed by atoms with van der Waals surface area (Å²) in [6, 6.07) is 20.3. The van der Waals surface area contributed by atoms with Crippen molar-refractivity contribution < 1.29 is 19.4 Å². The van der Waals surface area contributed by atoms with Crippen LogP contribution in [-0.4, -0.2) is 21.7 Å². The van der Waals surface area contributed by atoms with Gasteiger partial charge in [0, 0.05) is 28.9 Å². The van der Waals surface area contributed by atoms with Crippen molar-refractivity contribution in [3.8, 4) is 0 Å². The van der Waals surface area contributed by atoms with Crippen molar-refractivity contribution in [2.45, 2.75) is 0 Å².